The van der Waals surface area contributed by atoms with Gasteiger partial charge in [0.25, 0.3) is 0 Å². The van der Waals surface area contributed by atoms with Crippen LogP contribution in [0.1, 0.15) is 5.56 Å². The summed E-state index contributed by atoms with van der Waals surface area (Å²) in [6.07, 6.45) is -4.35. The van der Waals surface area contributed by atoms with Crippen LogP contribution >= 0.6 is 0 Å². The number of fused-ring (bicyclic) bond motifs is 1. The minimum absolute atomic E-state index is 0.0441. The van der Waals surface area contributed by atoms with E-state index in [-0.39, 0.29) is 31.1 Å². The van der Waals surface area contributed by atoms with E-state index in [0.29, 0.717) is 19.7 Å². The number of carbonyl (C=O) groups excluding carboxylic acids is 1. The molecule has 1 aromatic carbocycles. The van der Waals surface area contributed by atoms with Crippen LogP contribution in [0.2, 0.25) is 0 Å². The first-order chi connectivity index (χ1) is 15.3. The quantitative estimate of drug-likeness (QED) is 0.571. The minimum Gasteiger partial charge on any atom is -0.481 e. The van der Waals surface area contributed by atoms with Gasteiger partial charge in [-0.3, -0.25) is 4.79 Å². The standard InChI is InChI=1S/C19H27N3O4.C2HF3O2/c1-21(2)10-16(8-14-6-4-3-5-7-14)20-18(25)22-9-15-11-26-13-19(15,12-22)17(23)24;3-2(4,5)1(6)7/h3-7,15-16H,8-13H2,1-2H3,(H,20,25)(H,23,24);(H,6,7)/t15-,16?,19-;/m1./s1. The monoisotopic (exact) mass is 475 g/mol. The molecule has 3 rings (SSSR count). The molecule has 3 N–H and O–H groups in total. The molecule has 0 bridgehead atoms. The zero-order valence-corrected chi connectivity index (χ0v) is 18.3. The summed E-state index contributed by atoms with van der Waals surface area (Å²) in [5.74, 6) is -3.76. The van der Waals surface area contributed by atoms with Gasteiger partial charge in [0.15, 0.2) is 0 Å². The highest BCUT2D eigenvalue weighted by Crippen LogP contribution is 2.41. The van der Waals surface area contributed by atoms with Crippen molar-refractivity contribution in [1.82, 2.24) is 15.1 Å². The third-order valence-electron chi connectivity index (χ3n) is 5.57. The summed E-state index contributed by atoms with van der Waals surface area (Å²) in [4.78, 5) is 37.1. The molecule has 12 heteroatoms. The second-order valence-corrected chi connectivity index (χ2v) is 8.46. The highest BCUT2D eigenvalue weighted by molar-refractivity contribution is 5.81. The maximum absolute atomic E-state index is 12.8. The van der Waals surface area contributed by atoms with E-state index in [1.807, 2.05) is 49.3 Å². The molecule has 0 aromatic heterocycles. The van der Waals surface area contributed by atoms with Crippen molar-refractivity contribution in [3.05, 3.63) is 35.9 Å². The van der Waals surface area contributed by atoms with Crippen molar-refractivity contribution in [2.75, 3.05) is 46.9 Å². The normalized spacial score (nSPS) is 22.8. The summed E-state index contributed by atoms with van der Waals surface area (Å²) in [5, 5.41) is 19.8. The number of rotatable bonds is 6. The number of likely N-dealkylation sites (N-methyl/N-ethyl adjacent to an activating group) is 1. The number of benzene rings is 1. The van der Waals surface area contributed by atoms with Gasteiger partial charge in [-0.2, -0.15) is 13.2 Å². The van der Waals surface area contributed by atoms with E-state index < -0.39 is 23.5 Å². The van der Waals surface area contributed by atoms with Crippen molar-refractivity contribution >= 4 is 18.0 Å². The van der Waals surface area contributed by atoms with Crippen LogP contribution in [-0.2, 0) is 20.7 Å². The zero-order chi connectivity index (χ0) is 24.8. The number of carbonyl (C=O) groups is 3. The van der Waals surface area contributed by atoms with E-state index in [1.54, 1.807) is 4.90 Å². The Hall–Kier alpha value is -2.86. The fourth-order valence-electron chi connectivity index (χ4n) is 3.96. The van der Waals surface area contributed by atoms with Crippen LogP contribution in [-0.4, -0.2) is 97.1 Å². The van der Waals surface area contributed by atoms with Crippen LogP contribution in [0.4, 0.5) is 18.0 Å². The smallest absolute Gasteiger partial charge is 0.481 e. The number of amides is 2. The second kappa shape index (κ2) is 10.8. The molecule has 184 valence electrons. The maximum atomic E-state index is 12.8. The lowest BCUT2D eigenvalue weighted by Gasteiger charge is -2.27. The van der Waals surface area contributed by atoms with Gasteiger partial charge in [-0.1, -0.05) is 30.3 Å². The SMILES string of the molecule is CN(C)CC(Cc1ccccc1)NC(=O)N1C[C@@H]2COC[C@]2(C(=O)O)C1.O=C(O)C(F)(F)F. The number of halogens is 3. The average molecular weight is 475 g/mol. The number of hydrogen-bond acceptors (Lipinski definition) is 5. The maximum Gasteiger partial charge on any atom is 0.490 e. The Labute approximate surface area is 189 Å². The Morgan fingerprint density at radius 1 is 1.24 bits per heavy atom. The van der Waals surface area contributed by atoms with Gasteiger partial charge in [-0.05, 0) is 26.1 Å². The molecule has 0 radical (unpaired) electrons. The van der Waals surface area contributed by atoms with Crippen LogP contribution in [0.15, 0.2) is 30.3 Å². The Morgan fingerprint density at radius 2 is 1.85 bits per heavy atom. The number of hydrogen-bond donors (Lipinski definition) is 3. The van der Waals surface area contributed by atoms with Gasteiger partial charge in [0.2, 0.25) is 0 Å². The first-order valence-corrected chi connectivity index (χ1v) is 10.2. The minimum atomic E-state index is -5.08. The molecule has 1 unspecified atom stereocenters. The number of ether oxygens (including phenoxy) is 1. The van der Waals surface area contributed by atoms with Crippen LogP contribution in [0.5, 0.6) is 0 Å². The number of carboxylic acid groups (broad SMARTS) is 2. The first-order valence-electron chi connectivity index (χ1n) is 10.2. The molecule has 2 aliphatic rings. The molecular formula is C21H28F3N3O6. The topological polar surface area (TPSA) is 119 Å². The zero-order valence-electron chi connectivity index (χ0n) is 18.3. The largest absolute Gasteiger partial charge is 0.490 e. The van der Waals surface area contributed by atoms with Gasteiger partial charge in [0.1, 0.15) is 5.41 Å². The van der Waals surface area contributed by atoms with E-state index in [4.69, 9.17) is 14.6 Å². The molecule has 2 aliphatic heterocycles. The molecule has 0 saturated carbocycles. The summed E-state index contributed by atoms with van der Waals surface area (Å²) in [6, 6.07) is 9.81. The van der Waals surface area contributed by atoms with Crippen molar-refractivity contribution in [2.45, 2.75) is 18.6 Å². The fourth-order valence-corrected chi connectivity index (χ4v) is 3.96. The van der Waals surface area contributed by atoms with Crippen molar-refractivity contribution in [3.63, 3.8) is 0 Å². The number of urea groups is 1. The highest BCUT2D eigenvalue weighted by atomic mass is 19.4. The van der Waals surface area contributed by atoms with Crippen LogP contribution in [0.25, 0.3) is 0 Å². The van der Waals surface area contributed by atoms with E-state index in [2.05, 4.69) is 5.32 Å². The summed E-state index contributed by atoms with van der Waals surface area (Å²) in [7, 11) is 3.95. The molecular weight excluding hydrogens is 447 g/mol. The third-order valence-corrected chi connectivity index (χ3v) is 5.57. The van der Waals surface area contributed by atoms with Crippen LogP contribution < -0.4 is 5.32 Å². The number of alkyl halides is 3. The number of likely N-dealkylation sites (tertiary alicyclic amines) is 1. The summed E-state index contributed by atoms with van der Waals surface area (Å²) >= 11 is 0. The third kappa shape index (κ3) is 7.06. The lowest BCUT2D eigenvalue weighted by Crippen LogP contribution is -2.49. The lowest BCUT2D eigenvalue weighted by molar-refractivity contribution is -0.192. The number of nitrogens with zero attached hydrogens (tertiary/aromatic N) is 2. The summed E-state index contributed by atoms with van der Waals surface area (Å²) < 4.78 is 37.1. The number of aliphatic carboxylic acids is 2. The number of nitrogens with one attached hydrogen (secondary N) is 1. The van der Waals surface area contributed by atoms with Gasteiger partial charge in [0, 0.05) is 31.6 Å². The summed E-state index contributed by atoms with van der Waals surface area (Å²) in [5.41, 5.74) is 0.210. The van der Waals surface area contributed by atoms with Crippen molar-refractivity contribution in [3.8, 4) is 0 Å². The Morgan fingerprint density at radius 3 is 2.33 bits per heavy atom. The molecule has 33 heavy (non-hydrogen) atoms. The first kappa shape index (κ1) is 26.4. The molecule has 0 spiro atoms. The number of carboxylic acids is 2. The molecule has 3 atom stereocenters. The van der Waals surface area contributed by atoms with E-state index in [9.17, 15) is 27.9 Å². The highest BCUT2D eigenvalue weighted by Gasteiger charge is 2.57. The Bertz CT molecular complexity index is 836. The predicted molar refractivity (Wildman–Crippen MR) is 111 cm³/mol. The van der Waals surface area contributed by atoms with E-state index in [0.717, 1.165) is 12.0 Å². The summed E-state index contributed by atoms with van der Waals surface area (Å²) in [6.45, 7) is 1.94. The lowest BCUT2D eigenvalue weighted by atomic mass is 9.81. The van der Waals surface area contributed by atoms with Gasteiger partial charge >= 0.3 is 24.1 Å². The molecule has 2 heterocycles. The average Bonchev–Trinajstić information content (AvgIpc) is 3.26. The van der Waals surface area contributed by atoms with Gasteiger partial charge < -0.3 is 30.1 Å². The van der Waals surface area contributed by atoms with E-state index in [1.165, 1.54) is 0 Å². The van der Waals surface area contributed by atoms with Crippen molar-refractivity contribution < 1.29 is 42.5 Å². The van der Waals surface area contributed by atoms with Crippen LogP contribution in [0, 0.1) is 11.3 Å². The van der Waals surface area contributed by atoms with E-state index >= 15 is 0 Å². The molecule has 2 saturated heterocycles. The van der Waals surface area contributed by atoms with Gasteiger partial charge in [0.05, 0.1) is 13.2 Å². The second-order valence-electron chi connectivity index (χ2n) is 8.46. The molecule has 2 fully saturated rings. The predicted octanol–water partition coefficient (Wildman–Crippen LogP) is 1.54. The van der Waals surface area contributed by atoms with Crippen molar-refractivity contribution in [2.24, 2.45) is 11.3 Å². The molecule has 0 aliphatic carbocycles. The van der Waals surface area contributed by atoms with Crippen molar-refractivity contribution in [1.29, 1.82) is 0 Å². The molecule has 2 amide bonds. The Balaban J connectivity index is 0.000000479. The molecule has 9 nitrogen and oxygen atoms in total. The molecule has 1 aromatic rings. The fraction of sp³-hybridized carbons (Fsp3) is 0.571. The van der Waals surface area contributed by atoms with Gasteiger partial charge in [-0.25, -0.2) is 9.59 Å². The van der Waals surface area contributed by atoms with Crippen LogP contribution in [0.3, 0.4) is 0 Å². The van der Waals surface area contributed by atoms with Gasteiger partial charge in [-0.15, -0.1) is 0 Å². The Kier molecular flexibility index (Phi) is 8.67.